The monoisotopic (exact) mass is 298 g/mol. The van der Waals surface area contributed by atoms with Crippen LogP contribution in [0.3, 0.4) is 0 Å². The van der Waals surface area contributed by atoms with Crippen LogP contribution in [0, 0.1) is 6.92 Å². The number of aryl methyl sites for hydroxylation is 1. The van der Waals surface area contributed by atoms with Crippen LogP contribution in [0.2, 0.25) is 0 Å². The molecule has 1 aromatic rings. The fourth-order valence-electron chi connectivity index (χ4n) is 1.62. The van der Waals surface area contributed by atoms with Gasteiger partial charge >= 0.3 is 0 Å². The zero-order chi connectivity index (χ0) is 12.9. The van der Waals surface area contributed by atoms with E-state index in [-0.39, 0.29) is 5.54 Å². The second kappa shape index (κ2) is 6.53. The molecule has 96 valence electrons. The first kappa shape index (κ1) is 14.7. The van der Waals surface area contributed by atoms with Gasteiger partial charge in [0.05, 0.1) is 0 Å². The van der Waals surface area contributed by atoms with Gasteiger partial charge in [0.2, 0.25) is 0 Å². The summed E-state index contributed by atoms with van der Waals surface area (Å²) in [6, 6.07) is 6.47. The Labute approximate surface area is 113 Å². The van der Waals surface area contributed by atoms with Crippen LogP contribution < -0.4 is 10.6 Å². The maximum atomic E-state index is 3.52. The molecule has 0 saturated carbocycles. The van der Waals surface area contributed by atoms with Crippen molar-refractivity contribution >= 4 is 15.9 Å². The summed E-state index contributed by atoms with van der Waals surface area (Å²) in [6.07, 6.45) is 1.07. The molecule has 1 aromatic carbocycles. The van der Waals surface area contributed by atoms with E-state index in [0.717, 1.165) is 24.0 Å². The molecule has 0 unspecified atom stereocenters. The molecule has 1 rings (SSSR count). The third kappa shape index (κ3) is 5.19. The smallest absolute Gasteiger partial charge is 0.0246 e. The van der Waals surface area contributed by atoms with Crippen LogP contribution in [-0.2, 0) is 6.42 Å². The molecule has 0 saturated heterocycles. The van der Waals surface area contributed by atoms with Gasteiger partial charge in [0.1, 0.15) is 0 Å². The molecule has 0 radical (unpaired) electrons. The Morgan fingerprint density at radius 3 is 2.65 bits per heavy atom. The van der Waals surface area contributed by atoms with Gasteiger partial charge in [-0.1, -0.05) is 22.0 Å². The fraction of sp³-hybridized carbons (Fsp3) is 0.571. The second-order valence-electron chi connectivity index (χ2n) is 5.13. The van der Waals surface area contributed by atoms with E-state index in [9.17, 15) is 0 Å². The van der Waals surface area contributed by atoms with E-state index in [1.54, 1.807) is 0 Å². The van der Waals surface area contributed by atoms with E-state index in [2.05, 4.69) is 65.5 Å². The second-order valence-corrected chi connectivity index (χ2v) is 6.05. The van der Waals surface area contributed by atoms with Crippen molar-refractivity contribution in [2.24, 2.45) is 0 Å². The van der Waals surface area contributed by atoms with Gasteiger partial charge in [-0.15, -0.1) is 0 Å². The van der Waals surface area contributed by atoms with Gasteiger partial charge in [-0.05, 0) is 64.0 Å². The maximum Gasteiger partial charge on any atom is 0.0246 e. The molecule has 0 atom stereocenters. The van der Waals surface area contributed by atoms with Crippen molar-refractivity contribution in [3.63, 3.8) is 0 Å². The van der Waals surface area contributed by atoms with Crippen LogP contribution >= 0.6 is 15.9 Å². The van der Waals surface area contributed by atoms with Crippen LogP contribution in [0.5, 0.6) is 0 Å². The summed E-state index contributed by atoms with van der Waals surface area (Å²) >= 11 is 3.52. The Hall–Kier alpha value is -0.380. The molecule has 17 heavy (non-hydrogen) atoms. The molecule has 0 spiro atoms. The maximum absolute atomic E-state index is 3.52. The highest BCUT2D eigenvalue weighted by Crippen LogP contribution is 2.16. The quantitative estimate of drug-likeness (QED) is 0.789. The third-order valence-corrected chi connectivity index (χ3v) is 3.62. The Kier molecular flexibility index (Phi) is 5.63. The molecule has 0 amide bonds. The van der Waals surface area contributed by atoms with Crippen molar-refractivity contribution in [3.8, 4) is 0 Å². The summed E-state index contributed by atoms with van der Waals surface area (Å²) in [5.41, 5.74) is 2.93. The predicted molar refractivity (Wildman–Crippen MR) is 78.6 cm³/mol. The van der Waals surface area contributed by atoms with Crippen molar-refractivity contribution in [3.05, 3.63) is 33.8 Å². The Balaban J connectivity index is 2.38. The SMILES string of the molecule is CNC(C)(C)CNCCc1cc(Br)ccc1C. The number of benzene rings is 1. The van der Waals surface area contributed by atoms with Gasteiger partial charge < -0.3 is 10.6 Å². The topological polar surface area (TPSA) is 24.1 Å². The summed E-state index contributed by atoms with van der Waals surface area (Å²) in [4.78, 5) is 0. The van der Waals surface area contributed by atoms with Gasteiger partial charge in [0, 0.05) is 16.6 Å². The van der Waals surface area contributed by atoms with Crippen molar-refractivity contribution in [1.29, 1.82) is 0 Å². The number of halogens is 1. The summed E-state index contributed by atoms with van der Waals surface area (Å²) in [6.45, 7) is 8.56. The van der Waals surface area contributed by atoms with Crippen molar-refractivity contribution in [2.75, 3.05) is 20.1 Å². The summed E-state index contributed by atoms with van der Waals surface area (Å²) in [5, 5.41) is 6.78. The standard InChI is InChI=1S/C14H23BrN2/c1-11-5-6-13(15)9-12(11)7-8-17-10-14(2,3)16-4/h5-6,9,16-17H,7-8,10H2,1-4H3. The highest BCUT2D eigenvalue weighted by atomic mass is 79.9. The highest BCUT2D eigenvalue weighted by molar-refractivity contribution is 9.10. The molecule has 3 heteroatoms. The van der Waals surface area contributed by atoms with E-state index in [1.807, 2.05) is 7.05 Å². The predicted octanol–water partition coefficient (Wildman–Crippen LogP) is 2.89. The summed E-state index contributed by atoms with van der Waals surface area (Å²) in [5.74, 6) is 0. The molecule has 0 aromatic heterocycles. The average Bonchev–Trinajstić information content (AvgIpc) is 2.29. The first-order chi connectivity index (χ1) is 7.94. The molecule has 0 aliphatic heterocycles. The first-order valence-electron chi connectivity index (χ1n) is 6.09. The molecule has 0 bridgehead atoms. The number of rotatable bonds is 6. The number of hydrogen-bond donors (Lipinski definition) is 2. The largest absolute Gasteiger partial charge is 0.315 e. The Bertz CT molecular complexity index is 361. The Morgan fingerprint density at radius 1 is 1.29 bits per heavy atom. The minimum atomic E-state index is 0.159. The lowest BCUT2D eigenvalue weighted by atomic mass is 10.0. The van der Waals surface area contributed by atoms with E-state index < -0.39 is 0 Å². The van der Waals surface area contributed by atoms with E-state index in [1.165, 1.54) is 11.1 Å². The minimum Gasteiger partial charge on any atom is -0.315 e. The average molecular weight is 299 g/mol. The van der Waals surface area contributed by atoms with Gasteiger partial charge in [0.15, 0.2) is 0 Å². The van der Waals surface area contributed by atoms with Crippen molar-refractivity contribution in [1.82, 2.24) is 10.6 Å². The fourth-order valence-corrected chi connectivity index (χ4v) is 2.03. The molecule has 0 aliphatic rings. The minimum absolute atomic E-state index is 0.159. The number of nitrogens with one attached hydrogen (secondary N) is 2. The third-order valence-electron chi connectivity index (χ3n) is 3.13. The lowest BCUT2D eigenvalue weighted by Gasteiger charge is -2.24. The van der Waals surface area contributed by atoms with Crippen LogP contribution in [0.15, 0.2) is 22.7 Å². The van der Waals surface area contributed by atoms with E-state index in [0.29, 0.717) is 0 Å². The first-order valence-corrected chi connectivity index (χ1v) is 6.88. The summed E-state index contributed by atoms with van der Waals surface area (Å²) < 4.78 is 1.16. The van der Waals surface area contributed by atoms with Crippen molar-refractivity contribution in [2.45, 2.75) is 32.7 Å². The van der Waals surface area contributed by atoms with Crippen LogP contribution in [0.1, 0.15) is 25.0 Å². The zero-order valence-electron chi connectivity index (χ0n) is 11.2. The normalized spacial score (nSPS) is 11.8. The molecule has 2 nitrogen and oxygen atoms in total. The molecular formula is C14H23BrN2. The van der Waals surface area contributed by atoms with Crippen LogP contribution in [-0.4, -0.2) is 25.7 Å². The van der Waals surface area contributed by atoms with Gasteiger partial charge in [0.25, 0.3) is 0 Å². The zero-order valence-corrected chi connectivity index (χ0v) is 12.8. The highest BCUT2D eigenvalue weighted by Gasteiger charge is 2.13. The molecule has 0 aliphatic carbocycles. The van der Waals surface area contributed by atoms with E-state index in [4.69, 9.17) is 0 Å². The number of hydrogen-bond acceptors (Lipinski definition) is 2. The molecule has 2 N–H and O–H groups in total. The molecular weight excluding hydrogens is 276 g/mol. The van der Waals surface area contributed by atoms with Gasteiger partial charge in [-0.2, -0.15) is 0 Å². The van der Waals surface area contributed by atoms with Crippen LogP contribution in [0.4, 0.5) is 0 Å². The Morgan fingerprint density at radius 2 is 2.00 bits per heavy atom. The number of likely N-dealkylation sites (N-methyl/N-ethyl adjacent to an activating group) is 1. The van der Waals surface area contributed by atoms with Gasteiger partial charge in [-0.25, -0.2) is 0 Å². The molecule has 0 heterocycles. The lowest BCUT2D eigenvalue weighted by molar-refractivity contribution is 0.395. The van der Waals surface area contributed by atoms with Crippen molar-refractivity contribution < 1.29 is 0 Å². The molecule has 0 fully saturated rings. The lowest BCUT2D eigenvalue weighted by Crippen LogP contribution is -2.46. The van der Waals surface area contributed by atoms with Crippen LogP contribution in [0.25, 0.3) is 0 Å². The summed E-state index contributed by atoms with van der Waals surface area (Å²) in [7, 11) is 2.00. The van der Waals surface area contributed by atoms with Gasteiger partial charge in [-0.3, -0.25) is 0 Å². The van der Waals surface area contributed by atoms with E-state index >= 15 is 0 Å².